The predicted octanol–water partition coefficient (Wildman–Crippen LogP) is 5.35. The summed E-state index contributed by atoms with van der Waals surface area (Å²) in [6, 6.07) is 28.7. The third kappa shape index (κ3) is 2.18. The van der Waals surface area contributed by atoms with E-state index in [1.54, 1.807) is 0 Å². The van der Waals surface area contributed by atoms with Crippen molar-refractivity contribution in [1.29, 1.82) is 0 Å². The van der Waals surface area contributed by atoms with Gasteiger partial charge in [-0.2, -0.15) is 0 Å². The van der Waals surface area contributed by atoms with Gasteiger partial charge in [0.2, 0.25) is 5.62 Å². The number of pyridine rings is 1. The summed E-state index contributed by atoms with van der Waals surface area (Å²) in [6.45, 7) is 0. The monoisotopic (exact) mass is 360 g/mol. The smallest absolute Gasteiger partial charge is 0.235 e. The van der Waals surface area contributed by atoms with Gasteiger partial charge in [0.1, 0.15) is 0 Å². The number of nitrogens with zero attached hydrogens (tertiary/aromatic N) is 3. The zero-order valence-electron chi connectivity index (χ0n) is 15.0. The number of benzene rings is 3. The van der Waals surface area contributed by atoms with Crippen molar-refractivity contribution in [2.24, 2.45) is 4.99 Å². The molecule has 0 aliphatic heterocycles. The van der Waals surface area contributed by atoms with Gasteiger partial charge in [0, 0.05) is 27.9 Å². The van der Waals surface area contributed by atoms with E-state index < -0.39 is 0 Å². The first-order chi connectivity index (χ1) is 13.9. The van der Waals surface area contributed by atoms with E-state index in [4.69, 9.17) is 9.98 Å². The van der Waals surface area contributed by atoms with Crippen LogP contribution in [0.4, 0.5) is 5.69 Å². The molecule has 1 N–H and O–H groups in total. The highest BCUT2D eigenvalue weighted by Crippen LogP contribution is 2.30. The number of hydrogen-bond donors (Lipinski definition) is 1. The first-order valence-electron chi connectivity index (χ1n) is 9.29. The molecule has 0 fully saturated rings. The van der Waals surface area contributed by atoms with Crippen LogP contribution in [0, 0.1) is 0 Å². The molecule has 0 saturated carbocycles. The summed E-state index contributed by atoms with van der Waals surface area (Å²) in [5.74, 6) is 0. The Hall–Kier alpha value is -3.92. The molecule has 0 unspecified atom stereocenters. The van der Waals surface area contributed by atoms with Crippen molar-refractivity contribution in [3.05, 3.63) is 96.7 Å². The summed E-state index contributed by atoms with van der Waals surface area (Å²) in [7, 11) is 0. The van der Waals surface area contributed by atoms with Crippen molar-refractivity contribution in [2.75, 3.05) is 0 Å². The molecular weight excluding hydrogens is 344 g/mol. The maximum absolute atomic E-state index is 4.84. The zero-order valence-corrected chi connectivity index (χ0v) is 15.0. The largest absolute Gasteiger partial charge is 0.353 e. The maximum Gasteiger partial charge on any atom is 0.235 e. The summed E-state index contributed by atoms with van der Waals surface area (Å²) in [4.78, 5) is 13.3. The van der Waals surface area contributed by atoms with Crippen LogP contribution in [0.2, 0.25) is 0 Å². The fraction of sp³-hybridized carbons (Fsp3) is 0. The first kappa shape index (κ1) is 15.2. The molecule has 0 aliphatic rings. The first-order valence-corrected chi connectivity index (χ1v) is 9.29. The quantitative estimate of drug-likeness (QED) is 0.395. The minimum Gasteiger partial charge on any atom is -0.353 e. The van der Waals surface area contributed by atoms with Gasteiger partial charge in [-0.15, -0.1) is 0 Å². The molecule has 0 saturated heterocycles. The van der Waals surface area contributed by atoms with Crippen LogP contribution in [0.15, 0.2) is 96.1 Å². The minimum absolute atomic E-state index is 0.667. The molecule has 0 aliphatic carbocycles. The molecule has 3 aromatic heterocycles. The number of nitrogens with one attached hydrogen (secondary N) is 1. The number of H-pyrrole nitrogens is 1. The Kier molecular flexibility index (Phi) is 3.14. The molecule has 28 heavy (non-hydrogen) atoms. The Morgan fingerprint density at radius 3 is 2.36 bits per heavy atom. The van der Waals surface area contributed by atoms with Gasteiger partial charge in [0.15, 0.2) is 0 Å². The van der Waals surface area contributed by atoms with Gasteiger partial charge in [-0.05, 0) is 30.3 Å². The molecule has 6 rings (SSSR count). The molecule has 0 bridgehead atoms. The van der Waals surface area contributed by atoms with Crippen LogP contribution in [-0.4, -0.2) is 14.4 Å². The Morgan fingerprint density at radius 1 is 0.714 bits per heavy atom. The van der Waals surface area contributed by atoms with Crippen LogP contribution in [0.25, 0.3) is 38.2 Å². The molecular formula is C24H16N4. The number of aromatic nitrogens is 3. The highest BCUT2D eigenvalue weighted by atomic mass is 15.1. The Labute approximate surface area is 160 Å². The molecule has 0 radical (unpaired) electrons. The second kappa shape index (κ2) is 5.79. The third-order valence-electron chi connectivity index (χ3n) is 5.19. The Bertz CT molecular complexity index is 1560. The van der Waals surface area contributed by atoms with Gasteiger partial charge in [0.25, 0.3) is 0 Å². The van der Waals surface area contributed by atoms with Gasteiger partial charge in [-0.1, -0.05) is 54.6 Å². The highest BCUT2D eigenvalue weighted by Gasteiger charge is 2.11. The van der Waals surface area contributed by atoms with Crippen LogP contribution in [0.3, 0.4) is 0 Å². The summed E-state index contributed by atoms with van der Waals surface area (Å²) < 4.78 is 2.08. The van der Waals surface area contributed by atoms with Crippen molar-refractivity contribution < 1.29 is 0 Å². The number of para-hydroxylation sites is 3. The van der Waals surface area contributed by atoms with Gasteiger partial charge < -0.3 is 4.98 Å². The molecule has 4 heteroatoms. The van der Waals surface area contributed by atoms with Crippen molar-refractivity contribution in [2.45, 2.75) is 0 Å². The van der Waals surface area contributed by atoms with Gasteiger partial charge in [0.05, 0.1) is 22.2 Å². The van der Waals surface area contributed by atoms with Crippen LogP contribution in [-0.2, 0) is 0 Å². The summed E-state index contributed by atoms with van der Waals surface area (Å²) in [6.07, 6.45) is 2.07. The number of aromatic amines is 1. The van der Waals surface area contributed by atoms with Crippen LogP contribution < -0.4 is 5.62 Å². The van der Waals surface area contributed by atoms with E-state index in [1.165, 1.54) is 10.8 Å². The van der Waals surface area contributed by atoms with Crippen LogP contribution in [0.5, 0.6) is 0 Å². The second-order valence-corrected chi connectivity index (χ2v) is 6.87. The molecule has 0 amide bonds. The maximum atomic E-state index is 4.84. The summed E-state index contributed by atoms with van der Waals surface area (Å²) in [5.41, 5.74) is 5.81. The minimum atomic E-state index is 0.667. The average Bonchev–Trinajstić information content (AvgIpc) is 3.13. The molecule has 3 aromatic carbocycles. The van der Waals surface area contributed by atoms with Crippen molar-refractivity contribution >= 4 is 43.9 Å². The molecule has 0 spiro atoms. The standard InChI is InChI=1S/C24H16N4/c1-2-8-16(9-3-1)25-24-27-21-13-7-5-11-19(21)23-22-18(14-15-28(23)24)17-10-4-6-12-20(17)26-22/h1-15,26H. The highest BCUT2D eigenvalue weighted by molar-refractivity contribution is 6.16. The number of fused-ring (bicyclic) bond motifs is 7. The van der Waals surface area contributed by atoms with E-state index in [2.05, 4.69) is 58.0 Å². The Morgan fingerprint density at radius 2 is 1.46 bits per heavy atom. The third-order valence-corrected chi connectivity index (χ3v) is 5.19. The van der Waals surface area contributed by atoms with Gasteiger partial charge >= 0.3 is 0 Å². The molecule has 3 heterocycles. The molecule has 4 nitrogen and oxygen atoms in total. The zero-order chi connectivity index (χ0) is 18.5. The van der Waals surface area contributed by atoms with Crippen LogP contribution >= 0.6 is 0 Å². The van der Waals surface area contributed by atoms with E-state index in [9.17, 15) is 0 Å². The van der Waals surface area contributed by atoms with E-state index in [-0.39, 0.29) is 0 Å². The van der Waals surface area contributed by atoms with Crippen molar-refractivity contribution in [3.63, 3.8) is 0 Å². The van der Waals surface area contributed by atoms with E-state index >= 15 is 0 Å². The topological polar surface area (TPSA) is 45.5 Å². The van der Waals surface area contributed by atoms with E-state index in [1.807, 2.05) is 42.5 Å². The number of hydrogen-bond acceptors (Lipinski definition) is 2. The summed E-state index contributed by atoms with van der Waals surface area (Å²) >= 11 is 0. The average molecular weight is 360 g/mol. The summed E-state index contributed by atoms with van der Waals surface area (Å²) in [5, 5.41) is 3.53. The van der Waals surface area contributed by atoms with Crippen LogP contribution in [0.1, 0.15) is 0 Å². The lowest BCUT2D eigenvalue weighted by atomic mass is 10.1. The lowest BCUT2D eigenvalue weighted by Gasteiger charge is -2.08. The molecule has 132 valence electrons. The van der Waals surface area contributed by atoms with E-state index in [0.29, 0.717) is 5.62 Å². The normalized spacial score (nSPS) is 12.5. The SMILES string of the molecule is c1ccc(N=c2nc3ccccc3c3c4[nH]c5ccccc5c4ccn23)cc1. The molecule has 6 aromatic rings. The molecule has 0 atom stereocenters. The predicted molar refractivity (Wildman–Crippen MR) is 114 cm³/mol. The fourth-order valence-electron chi connectivity index (χ4n) is 3.93. The fourth-order valence-corrected chi connectivity index (χ4v) is 3.93. The van der Waals surface area contributed by atoms with E-state index in [0.717, 1.165) is 33.1 Å². The Balaban J connectivity index is 1.86. The lowest BCUT2D eigenvalue weighted by Crippen LogP contribution is -2.19. The van der Waals surface area contributed by atoms with Crippen molar-refractivity contribution in [3.8, 4) is 0 Å². The van der Waals surface area contributed by atoms with Gasteiger partial charge in [-0.25, -0.2) is 9.98 Å². The number of rotatable bonds is 1. The lowest BCUT2D eigenvalue weighted by molar-refractivity contribution is 0.969. The second-order valence-electron chi connectivity index (χ2n) is 6.87. The van der Waals surface area contributed by atoms with Gasteiger partial charge in [-0.3, -0.25) is 4.40 Å². The van der Waals surface area contributed by atoms with Crippen molar-refractivity contribution in [1.82, 2.24) is 14.4 Å².